The van der Waals surface area contributed by atoms with Gasteiger partial charge in [-0.25, -0.2) is 0 Å². The molecule has 3 nitrogen and oxygen atoms in total. The lowest BCUT2D eigenvalue weighted by Crippen LogP contribution is -2.42. The molecule has 0 aromatic rings. The first-order valence-corrected chi connectivity index (χ1v) is 6.60. The van der Waals surface area contributed by atoms with Crippen LogP contribution in [0.2, 0.25) is 0 Å². The zero-order chi connectivity index (χ0) is 9.80. The maximum atomic E-state index is 11.6. The van der Waals surface area contributed by atoms with Crippen LogP contribution in [0.25, 0.3) is 0 Å². The number of thioether (sulfide) groups is 1. The summed E-state index contributed by atoms with van der Waals surface area (Å²) in [5.74, 6) is 3.41. The van der Waals surface area contributed by atoms with E-state index in [9.17, 15) is 4.79 Å². The van der Waals surface area contributed by atoms with Crippen LogP contribution in [0.3, 0.4) is 0 Å². The molecular weight excluding hydrogens is 196 g/mol. The summed E-state index contributed by atoms with van der Waals surface area (Å²) < 4.78 is 0. The Kier molecular flexibility index (Phi) is 3.70. The fourth-order valence-corrected chi connectivity index (χ4v) is 3.31. The molecule has 0 saturated carbocycles. The lowest BCUT2D eigenvalue weighted by atomic mass is 10.1. The Labute approximate surface area is 89.4 Å². The molecule has 0 aliphatic carbocycles. The minimum Gasteiger partial charge on any atom is -0.354 e. The third-order valence-corrected chi connectivity index (χ3v) is 4.20. The van der Waals surface area contributed by atoms with Crippen LogP contribution in [0.15, 0.2) is 0 Å². The Morgan fingerprint density at radius 2 is 2.43 bits per heavy atom. The summed E-state index contributed by atoms with van der Waals surface area (Å²) in [6.07, 6.45) is 3.41. The standard InChI is InChI=1S/C10H18N2OS/c13-10(9-2-1-4-11-9)12-6-8-3-5-14-7-8/h8-9,11H,1-7H2,(H,12,13)/t8?,9-/m0/s1. The summed E-state index contributed by atoms with van der Waals surface area (Å²) in [4.78, 5) is 11.6. The summed E-state index contributed by atoms with van der Waals surface area (Å²) in [7, 11) is 0. The van der Waals surface area contributed by atoms with Crippen LogP contribution in [0, 0.1) is 5.92 Å². The number of hydrogen-bond donors (Lipinski definition) is 2. The summed E-state index contributed by atoms with van der Waals surface area (Å²) in [5.41, 5.74) is 0. The van der Waals surface area contributed by atoms with E-state index >= 15 is 0 Å². The van der Waals surface area contributed by atoms with E-state index in [1.54, 1.807) is 0 Å². The van der Waals surface area contributed by atoms with Crippen molar-refractivity contribution >= 4 is 17.7 Å². The molecule has 0 radical (unpaired) electrons. The van der Waals surface area contributed by atoms with Crippen molar-refractivity contribution in [2.45, 2.75) is 25.3 Å². The molecule has 2 rings (SSSR count). The molecule has 2 atom stereocenters. The third kappa shape index (κ3) is 2.64. The van der Waals surface area contributed by atoms with Crippen LogP contribution < -0.4 is 10.6 Å². The van der Waals surface area contributed by atoms with Gasteiger partial charge in [0.25, 0.3) is 0 Å². The maximum Gasteiger partial charge on any atom is 0.237 e. The van der Waals surface area contributed by atoms with Gasteiger partial charge in [-0.15, -0.1) is 0 Å². The van der Waals surface area contributed by atoms with Gasteiger partial charge in [0, 0.05) is 6.54 Å². The number of carbonyl (C=O) groups excluding carboxylic acids is 1. The van der Waals surface area contributed by atoms with Crippen LogP contribution in [0.1, 0.15) is 19.3 Å². The highest BCUT2D eigenvalue weighted by Gasteiger charge is 2.23. The SMILES string of the molecule is O=C(NCC1CCSC1)[C@@H]1CCCN1. The molecule has 1 unspecified atom stereocenters. The summed E-state index contributed by atoms with van der Waals surface area (Å²) in [6.45, 7) is 1.88. The van der Waals surface area contributed by atoms with Gasteiger partial charge in [0.1, 0.15) is 0 Å². The van der Waals surface area contributed by atoms with Crippen molar-refractivity contribution in [3.8, 4) is 0 Å². The van der Waals surface area contributed by atoms with E-state index in [4.69, 9.17) is 0 Å². The molecule has 2 saturated heterocycles. The van der Waals surface area contributed by atoms with Crippen LogP contribution in [-0.2, 0) is 4.79 Å². The predicted octanol–water partition coefficient (Wildman–Crippen LogP) is 0.608. The molecule has 0 bridgehead atoms. The van der Waals surface area contributed by atoms with Gasteiger partial charge < -0.3 is 10.6 Å². The molecule has 80 valence electrons. The molecule has 2 aliphatic heterocycles. The Morgan fingerprint density at radius 1 is 1.50 bits per heavy atom. The van der Waals surface area contributed by atoms with E-state index < -0.39 is 0 Å². The highest BCUT2D eigenvalue weighted by molar-refractivity contribution is 7.99. The Morgan fingerprint density at radius 3 is 3.07 bits per heavy atom. The van der Waals surface area contributed by atoms with Crippen molar-refractivity contribution in [2.75, 3.05) is 24.6 Å². The van der Waals surface area contributed by atoms with Gasteiger partial charge in [-0.1, -0.05) is 0 Å². The minimum absolute atomic E-state index is 0.0871. The average Bonchev–Trinajstić information content (AvgIpc) is 2.87. The van der Waals surface area contributed by atoms with E-state index in [1.807, 2.05) is 11.8 Å². The van der Waals surface area contributed by atoms with Crippen molar-refractivity contribution in [1.29, 1.82) is 0 Å². The molecule has 2 aliphatic rings. The van der Waals surface area contributed by atoms with Crippen molar-refractivity contribution in [1.82, 2.24) is 10.6 Å². The summed E-state index contributed by atoms with van der Waals surface area (Å²) in [5, 5.41) is 6.27. The first-order chi connectivity index (χ1) is 6.86. The molecule has 4 heteroatoms. The zero-order valence-electron chi connectivity index (χ0n) is 8.42. The van der Waals surface area contributed by atoms with Gasteiger partial charge in [0.2, 0.25) is 5.91 Å². The smallest absolute Gasteiger partial charge is 0.237 e. The molecule has 14 heavy (non-hydrogen) atoms. The summed E-state index contributed by atoms with van der Waals surface area (Å²) in [6, 6.07) is 0.0871. The molecular formula is C10H18N2OS. The molecule has 0 spiro atoms. The van der Waals surface area contributed by atoms with Gasteiger partial charge >= 0.3 is 0 Å². The van der Waals surface area contributed by atoms with E-state index in [0.29, 0.717) is 5.92 Å². The van der Waals surface area contributed by atoms with Crippen molar-refractivity contribution in [3.63, 3.8) is 0 Å². The lowest BCUT2D eigenvalue weighted by Gasteiger charge is -2.13. The van der Waals surface area contributed by atoms with Crippen molar-refractivity contribution < 1.29 is 4.79 Å². The summed E-state index contributed by atoms with van der Waals surface area (Å²) >= 11 is 2.00. The quantitative estimate of drug-likeness (QED) is 0.723. The van der Waals surface area contributed by atoms with E-state index in [1.165, 1.54) is 17.9 Å². The van der Waals surface area contributed by atoms with Crippen LogP contribution in [0.4, 0.5) is 0 Å². The molecule has 2 heterocycles. The monoisotopic (exact) mass is 214 g/mol. The van der Waals surface area contributed by atoms with Gasteiger partial charge in [-0.05, 0) is 43.2 Å². The minimum atomic E-state index is 0.0871. The Bertz CT molecular complexity index is 198. The zero-order valence-corrected chi connectivity index (χ0v) is 9.24. The molecule has 2 fully saturated rings. The molecule has 0 aromatic heterocycles. The van der Waals surface area contributed by atoms with Crippen molar-refractivity contribution in [2.24, 2.45) is 5.92 Å². The first kappa shape index (κ1) is 10.3. The second-order valence-electron chi connectivity index (χ2n) is 4.12. The first-order valence-electron chi connectivity index (χ1n) is 5.45. The highest BCUT2D eigenvalue weighted by atomic mass is 32.2. The van der Waals surface area contributed by atoms with Crippen LogP contribution >= 0.6 is 11.8 Å². The van der Waals surface area contributed by atoms with Crippen molar-refractivity contribution in [3.05, 3.63) is 0 Å². The number of nitrogens with one attached hydrogen (secondary N) is 2. The van der Waals surface area contributed by atoms with Crippen LogP contribution in [0.5, 0.6) is 0 Å². The fraction of sp³-hybridized carbons (Fsp3) is 0.900. The highest BCUT2D eigenvalue weighted by Crippen LogP contribution is 2.22. The van der Waals surface area contributed by atoms with Gasteiger partial charge in [-0.2, -0.15) is 11.8 Å². The second kappa shape index (κ2) is 5.03. The largest absolute Gasteiger partial charge is 0.354 e. The van der Waals surface area contributed by atoms with Gasteiger partial charge in [0.15, 0.2) is 0 Å². The number of rotatable bonds is 3. The molecule has 2 N–H and O–H groups in total. The van der Waals surface area contributed by atoms with E-state index in [0.717, 1.165) is 25.9 Å². The lowest BCUT2D eigenvalue weighted by molar-refractivity contribution is -0.122. The maximum absolute atomic E-state index is 11.6. The second-order valence-corrected chi connectivity index (χ2v) is 5.27. The van der Waals surface area contributed by atoms with Gasteiger partial charge in [0.05, 0.1) is 6.04 Å². The predicted molar refractivity (Wildman–Crippen MR) is 59.5 cm³/mol. The fourth-order valence-electron chi connectivity index (χ4n) is 2.02. The van der Waals surface area contributed by atoms with Crippen LogP contribution in [-0.4, -0.2) is 36.5 Å². The van der Waals surface area contributed by atoms with Gasteiger partial charge in [-0.3, -0.25) is 4.79 Å². The number of amides is 1. The number of hydrogen-bond acceptors (Lipinski definition) is 3. The normalized spacial score (nSPS) is 32.0. The Balaban J connectivity index is 1.66. The third-order valence-electron chi connectivity index (χ3n) is 2.97. The molecule has 1 amide bonds. The number of carbonyl (C=O) groups is 1. The molecule has 0 aromatic carbocycles. The Hall–Kier alpha value is -0.220. The topological polar surface area (TPSA) is 41.1 Å². The average molecular weight is 214 g/mol. The van der Waals surface area contributed by atoms with E-state index in [-0.39, 0.29) is 11.9 Å². The van der Waals surface area contributed by atoms with E-state index in [2.05, 4.69) is 10.6 Å².